The van der Waals surface area contributed by atoms with Gasteiger partial charge in [-0.1, -0.05) is 11.6 Å². The highest BCUT2D eigenvalue weighted by atomic mass is 35.5. The second-order valence-electron chi connectivity index (χ2n) is 3.83. The molecular weight excluding hydrogens is 300 g/mol. The average Bonchev–Trinajstić information content (AvgIpc) is 2.99. The summed E-state index contributed by atoms with van der Waals surface area (Å²) in [5.74, 6) is 7.52. The molecule has 3 aromatic heterocycles. The minimum atomic E-state index is 0.370. The van der Waals surface area contributed by atoms with Crippen LogP contribution in [0.2, 0.25) is 5.15 Å². The first-order chi connectivity index (χ1) is 9.63. The zero-order chi connectivity index (χ0) is 14.1. The maximum absolute atomic E-state index is 5.95. The molecule has 3 heterocycles. The topological polar surface area (TPSA) is 95.7 Å². The molecule has 102 valence electrons. The smallest absolute Gasteiger partial charge is 0.218 e. The van der Waals surface area contributed by atoms with Gasteiger partial charge in [-0.15, -0.1) is 10.2 Å². The number of hydrogen-bond donors (Lipinski definition) is 1. The second-order valence-corrected chi connectivity index (χ2v) is 5.21. The molecular formula is C11H9ClN6OS. The van der Waals surface area contributed by atoms with Crippen LogP contribution in [0.5, 0.6) is 0 Å². The van der Waals surface area contributed by atoms with E-state index in [-0.39, 0.29) is 0 Å². The van der Waals surface area contributed by atoms with Gasteiger partial charge in [-0.05, 0) is 30.8 Å². The van der Waals surface area contributed by atoms with Crippen molar-refractivity contribution in [1.82, 2.24) is 24.8 Å². The third-order valence-corrected chi connectivity index (χ3v) is 3.46. The number of nitrogens with zero attached hydrogens (tertiary/aromatic N) is 5. The van der Waals surface area contributed by atoms with Crippen molar-refractivity contribution in [2.45, 2.75) is 17.1 Å². The minimum absolute atomic E-state index is 0.370. The minimum Gasteiger partial charge on any atom is -0.461 e. The molecule has 7 nitrogen and oxygen atoms in total. The molecule has 0 saturated heterocycles. The van der Waals surface area contributed by atoms with Crippen molar-refractivity contribution in [1.29, 1.82) is 0 Å². The molecule has 0 aliphatic rings. The van der Waals surface area contributed by atoms with Crippen LogP contribution < -0.4 is 5.84 Å². The molecule has 0 bridgehead atoms. The van der Waals surface area contributed by atoms with E-state index in [1.165, 1.54) is 16.4 Å². The predicted molar refractivity (Wildman–Crippen MR) is 73.8 cm³/mol. The zero-order valence-electron chi connectivity index (χ0n) is 10.3. The monoisotopic (exact) mass is 308 g/mol. The first-order valence-corrected chi connectivity index (χ1v) is 6.76. The number of rotatable bonds is 3. The van der Waals surface area contributed by atoms with Gasteiger partial charge in [0.05, 0.1) is 6.26 Å². The molecule has 3 aromatic rings. The van der Waals surface area contributed by atoms with E-state index in [4.69, 9.17) is 21.9 Å². The van der Waals surface area contributed by atoms with Gasteiger partial charge in [-0.2, -0.15) is 0 Å². The van der Waals surface area contributed by atoms with Gasteiger partial charge in [0.15, 0.2) is 5.76 Å². The Kier molecular flexibility index (Phi) is 3.33. The molecule has 0 aromatic carbocycles. The Morgan fingerprint density at radius 2 is 2.20 bits per heavy atom. The predicted octanol–water partition coefficient (Wildman–Crippen LogP) is 2.15. The fourth-order valence-corrected chi connectivity index (χ4v) is 2.66. The van der Waals surface area contributed by atoms with Crippen LogP contribution in [-0.4, -0.2) is 24.8 Å². The molecule has 0 atom stereocenters. The number of halogens is 1. The van der Waals surface area contributed by atoms with E-state index >= 15 is 0 Å². The highest BCUT2D eigenvalue weighted by Crippen LogP contribution is 2.27. The number of aryl methyl sites for hydroxylation is 1. The van der Waals surface area contributed by atoms with E-state index in [0.717, 1.165) is 0 Å². The van der Waals surface area contributed by atoms with Crippen LogP contribution in [0, 0.1) is 6.92 Å². The van der Waals surface area contributed by atoms with Crippen molar-refractivity contribution in [3.63, 3.8) is 0 Å². The van der Waals surface area contributed by atoms with Crippen molar-refractivity contribution in [3.05, 3.63) is 35.4 Å². The highest BCUT2D eigenvalue weighted by Gasteiger charge is 2.15. The van der Waals surface area contributed by atoms with E-state index in [2.05, 4.69) is 20.2 Å². The molecule has 3 rings (SSSR count). The van der Waals surface area contributed by atoms with Gasteiger partial charge in [0.2, 0.25) is 11.0 Å². The molecule has 9 heteroatoms. The lowest BCUT2D eigenvalue weighted by Gasteiger charge is -2.02. The lowest BCUT2D eigenvalue weighted by Crippen LogP contribution is -2.11. The normalized spacial score (nSPS) is 10.9. The summed E-state index contributed by atoms with van der Waals surface area (Å²) in [6.45, 7) is 1.76. The third kappa shape index (κ3) is 2.47. The van der Waals surface area contributed by atoms with Crippen LogP contribution in [0.3, 0.4) is 0 Å². The molecule has 0 saturated carbocycles. The Labute approximate surface area is 123 Å². The highest BCUT2D eigenvalue weighted by molar-refractivity contribution is 7.99. The summed E-state index contributed by atoms with van der Waals surface area (Å²) in [6, 6.07) is 5.15. The number of nitrogens with two attached hydrogens (primary N) is 1. The number of nitrogen functional groups attached to an aromatic ring is 1. The Bertz CT molecular complexity index is 721. The molecule has 0 aliphatic carbocycles. The van der Waals surface area contributed by atoms with Crippen LogP contribution in [0.25, 0.3) is 11.6 Å². The lowest BCUT2D eigenvalue weighted by molar-refractivity contribution is 0.574. The van der Waals surface area contributed by atoms with E-state index in [0.29, 0.717) is 32.7 Å². The van der Waals surface area contributed by atoms with Gasteiger partial charge in [0.25, 0.3) is 0 Å². The summed E-state index contributed by atoms with van der Waals surface area (Å²) in [6.07, 6.45) is 1.55. The van der Waals surface area contributed by atoms with Crippen LogP contribution in [0.1, 0.15) is 5.82 Å². The van der Waals surface area contributed by atoms with E-state index < -0.39 is 0 Å². The molecule has 0 radical (unpaired) electrons. The van der Waals surface area contributed by atoms with Gasteiger partial charge in [0.1, 0.15) is 16.0 Å². The number of aromatic nitrogens is 5. The molecule has 0 unspecified atom stereocenters. The zero-order valence-corrected chi connectivity index (χ0v) is 11.9. The maximum atomic E-state index is 5.95. The second kappa shape index (κ2) is 5.14. The van der Waals surface area contributed by atoms with Gasteiger partial charge < -0.3 is 10.3 Å². The van der Waals surface area contributed by atoms with Crippen LogP contribution >= 0.6 is 23.4 Å². The summed E-state index contributed by atoms with van der Waals surface area (Å²) in [5, 5.41) is 9.50. The fourth-order valence-electron chi connectivity index (χ4n) is 1.57. The first kappa shape index (κ1) is 12.9. The first-order valence-electron chi connectivity index (χ1n) is 5.57. The summed E-state index contributed by atoms with van der Waals surface area (Å²) in [4.78, 5) is 8.25. The summed E-state index contributed by atoms with van der Waals surface area (Å²) < 4.78 is 6.58. The van der Waals surface area contributed by atoms with Gasteiger partial charge in [0, 0.05) is 6.07 Å². The fraction of sp³-hybridized carbons (Fsp3) is 0.0909. The van der Waals surface area contributed by atoms with Gasteiger partial charge in [-0.25, -0.2) is 14.6 Å². The SMILES string of the molecule is Cc1nc(Cl)cc(Sc2nnc(-c3ccco3)n2N)n1. The van der Waals surface area contributed by atoms with E-state index in [1.807, 2.05) is 0 Å². The molecule has 0 aliphatic heterocycles. The summed E-state index contributed by atoms with van der Waals surface area (Å²) in [7, 11) is 0. The van der Waals surface area contributed by atoms with E-state index in [1.54, 1.807) is 31.4 Å². The van der Waals surface area contributed by atoms with Crippen LogP contribution in [0.4, 0.5) is 0 Å². The van der Waals surface area contributed by atoms with Gasteiger partial charge >= 0.3 is 0 Å². The van der Waals surface area contributed by atoms with Crippen LogP contribution in [0.15, 0.2) is 39.1 Å². The lowest BCUT2D eigenvalue weighted by atomic mass is 10.4. The number of hydrogen-bond acceptors (Lipinski definition) is 7. The average molecular weight is 309 g/mol. The van der Waals surface area contributed by atoms with Crippen molar-refractivity contribution < 1.29 is 4.42 Å². The Morgan fingerprint density at radius 3 is 2.90 bits per heavy atom. The molecule has 0 spiro atoms. The van der Waals surface area contributed by atoms with Crippen LogP contribution in [-0.2, 0) is 0 Å². The standard InChI is InChI=1S/C11H9ClN6OS/c1-6-14-8(12)5-9(15-6)20-11-17-16-10(18(11)13)7-3-2-4-19-7/h2-5H,13H2,1H3. The Balaban J connectivity index is 1.92. The Hall–Kier alpha value is -2.06. The molecule has 0 fully saturated rings. The number of furan rings is 1. The van der Waals surface area contributed by atoms with Crippen molar-refractivity contribution >= 4 is 23.4 Å². The quantitative estimate of drug-likeness (QED) is 0.585. The van der Waals surface area contributed by atoms with Gasteiger partial charge in [-0.3, -0.25) is 0 Å². The van der Waals surface area contributed by atoms with E-state index in [9.17, 15) is 0 Å². The third-order valence-electron chi connectivity index (χ3n) is 2.39. The summed E-state index contributed by atoms with van der Waals surface area (Å²) in [5.41, 5.74) is 0. The summed E-state index contributed by atoms with van der Waals surface area (Å²) >= 11 is 7.14. The van der Waals surface area contributed by atoms with Crippen molar-refractivity contribution in [3.8, 4) is 11.6 Å². The Morgan fingerprint density at radius 1 is 1.35 bits per heavy atom. The molecule has 0 amide bonds. The molecule has 2 N–H and O–H groups in total. The largest absolute Gasteiger partial charge is 0.461 e. The van der Waals surface area contributed by atoms with Crippen molar-refractivity contribution in [2.24, 2.45) is 0 Å². The molecule has 20 heavy (non-hydrogen) atoms. The maximum Gasteiger partial charge on any atom is 0.218 e. The van der Waals surface area contributed by atoms with Crippen molar-refractivity contribution in [2.75, 3.05) is 5.84 Å².